The summed E-state index contributed by atoms with van der Waals surface area (Å²) in [6.45, 7) is 2.18. The lowest BCUT2D eigenvalue weighted by molar-refractivity contribution is 1.26. The second kappa shape index (κ2) is 7.11. The summed E-state index contributed by atoms with van der Waals surface area (Å²) >= 11 is 3.76. The van der Waals surface area contributed by atoms with E-state index in [4.69, 9.17) is 0 Å². The first kappa shape index (κ1) is 18.4. The van der Waals surface area contributed by atoms with Crippen LogP contribution in [0.25, 0.3) is 32.3 Å². The number of para-hydroxylation sites is 2. The van der Waals surface area contributed by atoms with Crippen molar-refractivity contribution in [2.45, 2.75) is 6.92 Å². The molecular formula is C29H20BrN. The Kier molecular flexibility index (Phi) is 4.22. The van der Waals surface area contributed by atoms with E-state index in [2.05, 4.69) is 131 Å². The van der Waals surface area contributed by atoms with Crippen LogP contribution in [0.1, 0.15) is 5.56 Å². The molecule has 0 bridgehead atoms. The standard InChI is InChI=1S/C29H20BrN/c1-19-7-5-6-10-26(19)31(22-8-3-2-4-9-22)27-18-14-21-11-15-23-25(30)17-13-20-12-16-24(27)29(21)28(20)23/h2-18H,1H3. The zero-order valence-corrected chi connectivity index (χ0v) is 18.7. The van der Waals surface area contributed by atoms with Crippen molar-refractivity contribution in [3.63, 3.8) is 0 Å². The predicted molar refractivity (Wildman–Crippen MR) is 137 cm³/mol. The maximum absolute atomic E-state index is 3.76. The predicted octanol–water partition coefficient (Wildman–Crippen LogP) is 9.12. The summed E-state index contributed by atoms with van der Waals surface area (Å²) in [6.07, 6.45) is 0. The normalized spacial score (nSPS) is 11.5. The summed E-state index contributed by atoms with van der Waals surface area (Å²) in [6, 6.07) is 37.1. The van der Waals surface area contributed by atoms with Gasteiger partial charge < -0.3 is 4.90 Å². The average Bonchev–Trinajstić information content (AvgIpc) is 2.81. The van der Waals surface area contributed by atoms with Crippen LogP contribution in [0.5, 0.6) is 0 Å². The topological polar surface area (TPSA) is 3.24 Å². The minimum atomic E-state index is 1.14. The van der Waals surface area contributed by atoms with Gasteiger partial charge in [-0.15, -0.1) is 0 Å². The Morgan fingerprint density at radius 2 is 1.16 bits per heavy atom. The van der Waals surface area contributed by atoms with Crippen LogP contribution in [0.15, 0.2) is 108 Å². The highest BCUT2D eigenvalue weighted by atomic mass is 79.9. The van der Waals surface area contributed by atoms with Crippen LogP contribution in [0.4, 0.5) is 17.1 Å². The van der Waals surface area contributed by atoms with Crippen molar-refractivity contribution in [2.75, 3.05) is 4.90 Å². The van der Waals surface area contributed by atoms with E-state index < -0.39 is 0 Å². The minimum absolute atomic E-state index is 1.14. The zero-order chi connectivity index (χ0) is 20.9. The molecule has 0 heterocycles. The smallest absolute Gasteiger partial charge is 0.0540 e. The monoisotopic (exact) mass is 461 g/mol. The molecule has 0 aliphatic heterocycles. The van der Waals surface area contributed by atoms with Crippen LogP contribution < -0.4 is 4.90 Å². The van der Waals surface area contributed by atoms with Crippen LogP contribution >= 0.6 is 15.9 Å². The molecule has 0 unspecified atom stereocenters. The van der Waals surface area contributed by atoms with Gasteiger partial charge in [0.25, 0.3) is 0 Å². The first-order chi connectivity index (χ1) is 15.2. The number of hydrogen-bond acceptors (Lipinski definition) is 1. The molecule has 31 heavy (non-hydrogen) atoms. The van der Waals surface area contributed by atoms with Crippen LogP contribution in [0.2, 0.25) is 0 Å². The van der Waals surface area contributed by atoms with Gasteiger partial charge in [0.1, 0.15) is 0 Å². The minimum Gasteiger partial charge on any atom is -0.310 e. The summed E-state index contributed by atoms with van der Waals surface area (Å²) < 4.78 is 1.14. The maximum Gasteiger partial charge on any atom is 0.0540 e. The highest BCUT2D eigenvalue weighted by Gasteiger charge is 2.19. The van der Waals surface area contributed by atoms with Gasteiger partial charge in [-0.05, 0) is 69.8 Å². The van der Waals surface area contributed by atoms with Gasteiger partial charge >= 0.3 is 0 Å². The van der Waals surface area contributed by atoms with Gasteiger partial charge in [-0.2, -0.15) is 0 Å². The Morgan fingerprint density at radius 1 is 0.548 bits per heavy atom. The molecule has 0 fully saturated rings. The first-order valence-electron chi connectivity index (χ1n) is 10.5. The second-order valence-corrected chi connectivity index (χ2v) is 8.87. The van der Waals surface area contributed by atoms with E-state index in [0.29, 0.717) is 0 Å². The summed E-state index contributed by atoms with van der Waals surface area (Å²) in [7, 11) is 0. The SMILES string of the molecule is Cc1ccccc1N(c1ccccc1)c1ccc2ccc3c(Br)ccc4ccc1c2c43. The van der Waals surface area contributed by atoms with Crippen molar-refractivity contribution >= 4 is 65.3 Å². The molecule has 0 aliphatic rings. The molecule has 0 aliphatic carbocycles. The Bertz CT molecular complexity index is 1550. The molecule has 148 valence electrons. The van der Waals surface area contributed by atoms with E-state index >= 15 is 0 Å². The van der Waals surface area contributed by atoms with Crippen LogP contribution in [-0.4, -0.2) is 0 Å². The van der Waals surface area contributed by atoms with E-state index in [1.165, 1.54) is 49.3 Å². The Hall–Kier alpha value is -3.36. The molecule has 6 aromatic rings. The molecule has 0 aromatic heterocycles. The first-order valence-corrected chi connectivity index (χ1v) is 11.3. The molecule has 0 saturated carbocycles. The molecule has 0 atom stereocenters. The van der Waals surface area contributed by atoms with E-state index in [9.17, 15) is 0 Å². The fraction of sp³-hybridized carbons (Fsp3) is 0.0345. The van der Waals surface area contributed by atoms with E-state index in [-0.39, 0.29) is 0 Å². The van der Waals surface area contributed by atoms with E-state index in [1.807, 2.05) is 0 Å². The van der Waals surface area contributed by atoms with Gasteiger partial charge in [0, 0.05) is 21.2 Å². The molecular weight excluding hydrogens is 442 g/mol. The van der Waals surface area contributed by atoms with E-state index in [0.717, 1.165) is 10.2 Å². The molecule has 1 nitrogen and oxygen atoms in total. The third-order valence-corrected chi connectivity index (χ3v) is 6.89. The van der Waals surface area contributed by atoms with Gasteiger partial charge in [0.2, 0.25) is 0 Å². The molecule has 0 amide bonds. The van der Waals surface area contributed by atoms with Gasteiger partial charge in [-0.25, -0.2) is 0 Å². The molecule has 0 saturated heterocycles. The molecule has 6 rings (SSSR count). The number of nitrogens with zero attached hydrogens (tertiary/aromatic N) is 1. The fourth-order valence-corrected chi connectivity index (χ4v) is 5.21. The van der Waals surface area contributed by atoms with Gasteiger partial charge in [-0.3, -0.25) is 0 Å². The number of benzene rings is 6. The molecule has 2 heteroatoms. The van der Waals surface area contributed by atoms with Crippen molar-refractivity contribution in [2.24, 2.45) is 0 Å². The third kappa shape index (κ3) is 2.83. The van der Waals surface area contributed by atoms with Gasteiger partial charge in [0.05, 0.1) is 5.69 Å². The Balaban J connectivity index is 1.74. The van der Waals surface area contributed by atoms with Crippen molar-refractivity contribution < 1.29 is 0 Å². The lowest BCUT2D eigenvalue weighted by atomic mass is 9.93. The number of rotatable bonds is 3. The van der Waals surface area contributed by atoms with Crippen LogP contribution in [0, 0.1) is 6.92 Å². The molecule has 6 aromatic carbocycles. The number of anilines is 3. The van der Waals surface area contributed by atoms with Crippen LogP contribution in [-0.2, 0) is 0 Å². The highest BCUT2D eigenvalue weighted by Crippen LogP contribution is 2.45. The van der Waals surface area contributed by atoms with Crippen molar-refractivity contribution in [1.29, 1.82) is 0 Å². The molecule has 0 radical (unpaired) electrons. The maximum atomic E-state index is 3.76. The largest absolute Gasteiger partial charge is 0.310 e. The van der Waals surface area contributed by atoms with Gasteiger partial charge in [0.15, 0.2) is 0 Å². The third-order valence-electron chi connectivity index (χ3n) is 6.20. The second-order valence-electron chi connectivity index (χ2n) is 8.01. The van der Waals surface area contributed by atoms with Crippen molar-refractivity contribution in [3.05, 3.63) is 113 Å². The summed E-state index contributed by atoms with van der Waals surface area (Å²) in [5.41, 5.74) is 4.81. The summed E-state index contributed by atoms with van der Waals surface area (Å²) in [4.78, 5) is 2.39. The molecule has 0 spiro atoms. The quantitative estimate of drug-likeness (QED) is 0.237. The van der Waals surface area contributed by atoms with Crippen molar-refractivity contribution in [3.8, 4) is 0 Å². The Labute approximate surface area is 190 Å². The van der Waals surface area contributed by atoms with Crippen LogP contribution in [0.3, 0.4) is 0 Å². The van der Waals surface area contributed by atoms with Crippen molar-refractivity contribution in [1.82, 2.24) is 0 Å². The summed E-state index contributed by atoms with van der Waals surface area (Å²) in [5.74, 6) is 0. The lowest BCUT2D eigenvalue weighted by Crippen LogP contribution is -2.11. The summed E-state index contributed by atoms with van der Waals surface area (Å²) in [5, 5.41) is 7.71. The fourth-order valence-electron chi connectivity index (χ4n) is 4.74. The molecule has 0 N–H and O–H groups in total. The lowest BCUT2D eigenvalue weighted by Gasteiger charge is -2.29. The van der Waals surface area contributed by atoms with E-state index in [1.54, 1.807) is 0 Å². The number of hydrogen-bond donors (Lipinski definition) is 0. The Morgan fingerprint density at radius 3 is 1.94 bits per heavy atom. The van der Waals surface area contributed by atoms with Gasteiger partial charge in [-0.1, -0.05) is 88.7 Å². The zero-order valence-electron chi connectivity index (χ0n) is 17.1. The highest BCUT2D eigenvalue weighted by molar-refractivity contribution is 9.10. The number of halogens is 1. The average molecular weight is 462 g/mol. The number of aryl methyl sites for hydroxylation is 1.